The van der Waals surface area contributed by atoms with Gasteiger partial charge in [0.25, 0.3) is 5.91 Å². The highest BCUT2D eigenvalue weighted by Gasteiger charge is 2.14. The van der Waals surface area contributed by atoms with Crippen LogP contribution in [-0.4, -0.2) is 27.8 Å². The van der Waals surface area contributed by atoms with Crippen LogP contribution in [0.2, 0.25) is 0 Å². The van der Waals surface area contributed by atoms with Gasteiger partial charge in [0.15, 0.2) is 0 Å². The van der Waals surface area contributed by atoms with E-state index in [1.807, 2.05) is 0 Å². The molecule has 1 amide bonds. The van der Waals surface area contributed by atoms with Crippen LogP contribution >= 0.6 is 0 Å². The Morgan fingerprint density at radius 1 is 1.44 bits per heavy atom. The minimum Gasteiger partial charge on any atom is -0.347 e. The molecule has 2 rings (SSSR count). The summed E-state index contributed by atoms with van der Waals surface area (Å²) in [5.41, 5.74) is 1.08. The average molecular weight is 247 g/mol. The van der Waals surface area contributed by atoms with Gasteiger partial charge in [0, 0.05) is 25.0 Å². The van der Waals surface area contributed by atoms with Gasteiger partial charge in [-0.15, -0.1) is 0 Å². The molecule has 4 nitrogen and oxygen atoms in total. The lowest BCUT2D eigenvalue weighted by Crippen LogP contribution is -2.26. The van der Waals surface area contributed by atoms with Gasteiger partial charge in [0.05, 0.1) is 6.54 Å². The summed E-state index contributed by atoms with van der Waals surface area (Å²) in [7, 11) is 1.66. The lowest BCUT2D eigenvalue weighted by Gasteiger charge is -2.16. The highest BCUT2D eigenvalue weighted by Crippen LogP contribution is 2.11. The fraction of sp³-hybridized carbons (Fsp3) is 0.231. The van der Waals surface area contributed by atoms with E-state index < -0.39 is 5.82 Å². The molecule has 0 aliphatic rings. The molecule has 0 aliphatic heterocycles. The molecule has 94 valence electrons. The molecule has 18 heavy (non-hydrogen) atoms. The molecular weight excluding hydrogens is 233 g/mol. The van der Waals surface area contributed by atoms with Crippen LogP contribution in [0.3, 0.4) is 0 Å². The number of benzene rings is 1. The summed E-state index contributed by atoms with van der Waals surface area (Å²) in [6.45, 7) is 2.12. The van der Waals surface area contributed by atoms with E-state index in [1.54, 1.807) is 32.4 Å². The van der Waals surface area contributed by atoms with E-state index >= 15 is 0 Å². The van der Waals surface area contributed by atoms with Crippen molar-refractivity contribution in [1.82, 2.24) is 14.9 Å². The van der Waals surface area contributed by atoms with Gasteiger partial charge in [-0.3, -0.25) is 4.79 Å². The number of nitrogens with one attached hydrogen (secondary N) is 1. The first-order valence-electron chi connectivity index (χ1n) is 5.57. The topological polar surface area (TPSA) is 49.0 Å². The number of amides is 1. The number of carbonyl (C=O) groups excluding carboxylic acids is 1. The Labute approximate surface area is 104 Å². The van der Waals surface area contributed by atoms with Crippen LogP contribution < -0.4 is 0 Å². The quantitative estimate of drug-likeness (QED) is 0.903. The molecule has 0 saturated heterocycles. The maximum atomic E-state index is 13.2. The maximum absolute atomic E-state index is 13.2. The van der Waals surface area contributed by atoms with Gasteiger partial charge in [-0.2, -0.15) is 0 Å². The number of halogens is 1. The standard InChI is InChI=1S/C13H14FN3O/c1-9-5-10(7-11(14)6-9)13(18)17(2)8-12-15-3-4-16-12/h3-7H,8H2,1-2H3,(H,15,16). The fourth-order valence-corrected chi connectivity index (χ4v) is 1.76. The van der Waals surface area contributed by atoms with Crippen LogP contribution in [0.1, 0.15) is 21.7 Å². The summed E-state index contributed by atoms with van der Waals surface area (Å²) in [5, 5.41) is 0. The van der Waals surface area contributed by atoms with Crippen LogP contribution in [0.15, 0.2) is 30.6 Å². The molecule has 2 aromatic rings. The van der Waals surface area contributed by atoms with Crippen LogP contribution in [0.4, 0.5) is 4.39 Å². The van der Waals surface area contributed by atoms with Crippen molar-refractivity contribution in [3.8, 4) is 0 Å². The molecule has 0 spiro atoms. The Kier molecular flexibility index (Phi) is 3.41. The second kappa shape index (κ2) is 5.00. The monoisotopic (exact) mass is 247 g/mol. The van der Waals surface area contributed by atoms with Gasteiger partial charge in [-0.25, -0.2) is 9.37 Å². The van der Waals surface area contributed by atoms with E-state index in [-0.39, 0.29) is 5.91 Å². The highest BCUT2D eigenvalue weighted by atomic mass is 19.1. The predicted molar refractivity (Wildman–Crippen MR) is 65.5 cm³/mol. The van der Waals surface area contributed by atoms with Gasteiger partial charge < -0.3 is 9.88 Å². The summed E-state index contributed by atoms with van der Waals surface area (Å²) < 4.78 is 13.2. The highest BCUT2D eigenvalue weighted by molar-refractivity contribution is 5.94. The number of aromatic nitrogens is 2. The molecule has 1 heterocycles. The minimum atomic E-state index is -0.398. The van der Waals surface area contributed by atoms with Crippen molar-refractivity contribution in [3.63, 3.8) is 0 Å². The number of hydrogen-bond donors (Lipinski definition) is 1. The number of imidazole rings is 1. The van der Waals surface area contributed by atoms with Crippen molar-refractivity contribution in [2.24, 2.45) is 0 Å². The third kappa shape index (κ3) is 2.74. The number of carbonyl (C=O) groups is 1. The number of nitrogens with zero attached hydrogens (tertiary/aromatic N) is 2. The zero-order valence-electron chi connectivity index (χ0n) is 10.3. The first kappa shape index (κ1) is 12.3. The van der Waals surface area contributed by atoms with Gasteiger partial charge in [-0.05, 0) is 30.7 Å². The summed E-state index contributed by atoms with van der Waals surface area (Å²) in [5.74, 6) is 0.0673. The van der Waals surface area contributed by atoms with Crippen molar-refractivity contribution in [2.45, 2.75) is 13.5 Å². The Balaban J connectivity index is 2.15. The Morgan fingerprint density at radius 2 is 2.22 bits per heavy atom. The van der Waals surface area contributed by atoms with E-state index in [0.717, 1.165) is 5.56 Å². The second-order valence-electron chi connectivity index (χ2n) is 4.21. The first-order chi connectivity index (χ1) is 8.56. The SMILES string of the molecule is Cc1cc(F)cc(C(=O)N(C)Cc2ncc[nH]2)c1. The molecule has 0 radical (unpaired) electrons. The van der Waals surface area contributed by atoms with E-state index in [0.29, 0.717) is 17.9 Å². The lowest BCUT2D eigenvalue weighted by molar-refractivity contribution is 0.0781. The number of rotatable bonds is 3. The fourth-order valence-electron chi connectivity index (χ4n) is 1.76. The van der Waals surface area contributed by atoms with Gasteiger partial charge in [0.2, 0.25) is 0 Å². The first-order valence-corrected chi connectivity index (χ1v) is 5.57. The second-order valence-corrected chi connectivity index (χ2v) is 4.21. The molecule has 1 N–H and O–H groups in total. The van der Waals surface area contributed by atoms with E-state index in [4.69, 9.17) is 0 Å². The zero-order valence-corrected chi connectivity index (χ0v) is 10.3. The van der Waals surface area contributed by atoms with E-state index in [1.165, 1.54) is 17.0 Å². The molecule has 0 fully saturated rings. The Hall–Kier alpha value is -2.17. The van der Waals surface area contributed by atoms with Crippen molar-refractivity contribution >= 4 is 5.91 Å². The Morgan fingerprint density at radius 3 is 2.83 bits per heavy atom. The molecular formula is C13H14FN3O. The minimum absolute atomic E-state index is 0.228. The zero-order chi connectivity index (χ0) is 13.1. The molecule has 1 aromatic carbocycles. The van der Waals surface area contributed by atoms with E-state index in [2.05, 4.69) is 9.97 Å². The molecule has 5 heteroatoms. The largest absolute Gasteiger partial charge is 0.347 e. The number of aromatic amines is 1. The molecule has 0 unspecified atom stereocenters. The summed E-state index contributed by atoms with van der Waals surface area (Å²) >= 11 is 0. The van der Waals surface area contributed by atoms with Crippen molar-refractivity contribution < 1.29 is 9.18 Å². The number of H-pyrrole nitrogens is 1. The van der Waals surface area contributed by atoms with Crippen LogP contribution in [-0.2, 0) is 6.54 Å². The third-order valence-electron chi connectivity index (χ3n) is 2.58. The van der Waals surface area contributed by atoms with E-state index in [9.17, 15) is 9.18 Å². The normalized spacial score (nSPS) is 10.4. The van der Waals surface area contributed by atoms with Crippen molar-refractivity contribution in [3.05, 3.63) is 53.4 Å². The van der Waals surface area contributed by atoms with Crippen molar-refractivity contribution in [2.75, 3.05) is 7.05 Å². The van der Waals surface area contributed by atoms with Crippen LogP contribution in [0, 0.1) is 12.7 Å². The molecule has 0 saturated carbocycles. The number of hydrogen-bond acceptors (Lipinski definition) is 2. The smallest absolute Gasteiger partial charge is 0.254 e. The summed E-state index contributed by atoms with van der Waals surface area (Å²) in [4.78, 5) is 20.5. The molecule has 0 atom stereocenters. The molecule has 0 bridgehead atoms. The maximum Gasteiger partial charge on any atom is 0.254 e. The lowest BCUT2D eigenvalue weighted by atomic mass is 10.1. The van der Waals surface area contributed by atoms with Gasteiger partial charge in [0.1, 0.15) is 11.6 Å². The third-order valence-corrected chi connectivity index (χ3v) is 2.58. The van der Waals surface area contributed by atoms with Gasteiger partial charge >= 0.3 is 0 Å². The molecule has 1 aromatic heterocycles. The average Bonchev–Trinajstić information content (AvgIpc) is 2.79. The Bertz CT molecular complexity index is 531. The number of aryl methyl sites for hydroxylation is 1. The predicted octanol–water partition coefficient (Wildman–Crippen LogP) is 2.13. The van der Waals surface area contributed by atoms with Crippen molar-refractivity contribution in [1.29, 1.82) is 0 Å². The van der Waals surface area contributed by atoms with Crippen LogP contribution in [0.5, 0.6) is 0 Å². The summed E-state index contributed by atoms with van der Waals surface area (Å²) in [6.07, 6.45) is 3.32. The molecule has 0 aliphatic carbocycles. The summed E-state index contributed by atoms with van der Waals surface area (Å²) in [6, 6.07) is 4.31. The van der Waals surface area contributed by atoms with Crippen LogP contribution in [0.25, 0.3) is 0 Å². The van der Waals surface area contributed by atoms with Gasteiger partial charge in [-0.1, -0.05) is 0 Å².